The third kappa shape index (κ3) is 5.95. The Kier molecular flexibility index (Phi) is 9.32. The Bertz CT molecular complexity index is 1480. The fourth-order valence-corrected chi connectivity index (χ4v) is 6.59. The van der Waals surface area contributed by atoms with E-state index < -0.39 is 71.8 Å². The first-order chi connectivity index (χ1) is 21.4. The van der Waals surface area contributed by atoms with Gasteiger partial charge in [0.15, 0.2) is 23.7 Å². The molecule has 4 aliphatic rings. The minimum atomic E-state index is -5.08. The number of methoxy groups -OCH3 is 1. The van der Waals surface area contributed by atoms with E-state index in [0.29, 0.717) is 30.9 Å². The lowest BCUT2D eigenvalue weighted by atomic mass is 9.50. The predicted molar refractivity (Wildman–Crippen MR) is 145 cm³/mol. The Morgan fingerprint density at radius 3 is 2.37 bits per heavy atom. The van der Waals surface area contributed by atoms with Crippen molar-refractivity contribution in [3.8, 4) is 11.5 Å². The van der Waals surface area contributed by atoms with Crippen molar-refractivity contribution in [1.82, 2.24) is 4.90 Å². The van der Waals surface area contributed by atoms with Crippen molar-refractivity contribution in [2.45, 2.75) is 81.1 Å². The predicted octanol–water partition coefficient (Wildman–Crippen LogP) is 1.49. The number of hydrogen-bond acceptors (Lipinski definition) is 12. The SMILES string of the molecule is COc1ccc2c3c1O[C@H]1C(OC(=O)[C@H](CC(=O)O[C@@H](C)C(=O)O)OC(C)=O)=CC[C@@]4(O)[C@@H](C2)N(C)CC[C@]314.O=C(O)C(F)(F)F. The summed E-state index contributed by atoms with van der Waals surface area (Å²) in [5.74, 6) is -5.95. The molecule has 17 heteroatoms. The molecule has 1 aromatic rings. The van der Waals surface area contributed by atoms with Gasteiger partial charge in [-0.1, -0.05) is 6.07 Å². The van der Waals surface area contributed by atoms with Crippen LogP contribution < -0.4 is 9.47 Å². The number of nitrogens with zero attached hydrogens (tertiary/aromatic N) is 1. The molecule has 1 aromatic carbocycles. The first kappa shape index (κ1) is 34.5. The highest BCUT2D eigenvalue weighted by atomic mass is 19.4. The molecule has 2 heterocycles. The van der Waals surface area contributed by atoms with Gasteiger partial charge >= 0.3 is 36.0 Å². The molecule has 3 N–H and O–H groups in total. The molecule has 2 aliphatic carbocycles. The maximum Gasteiger partial charge on any atom is 0.490 e. The third-order valence-electron chi connectivity index (χ3n) is 8.60. The highest BCUT2D eigenvalue weighted by Gasteiger charge is 2.72. The van der Waals surface area contributed by atoms with Gasteiger partial charge in [0.05, 0.1) is 24.5 Å². The summed E-state index contributed by atoms with van der Waals surface area (Å²) in [4.78, 5) is 59.3. The van der Waals surface area contributed by atoms with Crippen molar-refractivity contribution >= 4 is 29.8 Å². The number of alkyl halides is 3. The number of carboxylic acids is 2. The van der Waals surface area contributed by atoms with Gasteiger partial charge in [-0.15, -0.1) is 0 Å². The largest absolute Gasteiger partial charge is 0.493 e. The summed E-state index contributed by atoms with van der Waals surface area (Å²) >= 11 is 0. The van der Waals surface area contributed by atoms with Gasteiger partial charge in [-0.25, -0.2) is 14.4 Å². The number of aliphatic carboxylic acids is 2. The maximum atomic E-state index is 13.2. The molecule has 0 saturated carbocycles. The Morgan fingerprint density at radius 1 is 1.15 bits per heavy atom. The van der Waals surface area contributed by atoms with E-state index in [-0.39, 0.29) is 18.2 Å². The van der Waals surface area contributed by atoms with Crippen LogP contribution in [0.2, 0.25) is 0 Å². The van der Waals surface area contributed by atoms with Crippen LogP contribution in [0.3, 0.4) is 0 Å². The minimum Gasteiger partial charge on any atom is -0.493 e. The molecule has 1 spiro atoms. The highest BCUT2D eigenvalue weighted by Crippen LogP contribution is 2.65. The molecule has 0 aromatic heterocycles. The summed E-state index contributed by atoms with van der Waals surface area (Å²) in [6, 6.07) is 3.59. The Hall–Kier alpha value is -4.38. The molecule has 46 heavy (non-hydrogen) atoms. The van der Waals surface area contributed by atoms with Crippen LogP contribution in [0.5, 0.6) is 11.5 Å². The number of esters is 3. The second-order valence-corrected chi connectivity index (χ2v) is 11.3. The van der Waals surface area contributed by atoms with Crippen LogP contribution >= 0.6 is 0 Å². The molecule has 1 fully saturated rings. The van der Waals surface area contributed by atoms with Gasteiger partial charge in [0.25, 0.3) is 0 Å². The number of aliphatic hydroxyl groups is 1. The molecule has 0 radical (unpaired) electrons. The summed E-state index contributed by atoms with van der Waals surface area (Å²) in [7, 11) is 3.50. The van der Waals surface area contributed by atoms with Crippen LogP contribution in [0.1, 0.15) is 44.2 Å². The quantitative estimate of drug-likeness (QED) is 0.268. The summed E-state index contributed by atoms with van der Waals surface area (Å²) < 4.78 is 59.3. The van der Waals surface area contributed by atoms with Crippen LogP contribution in [0, 0.1) is 0 Å². The second-order valence-electron chi connectivity index (χ2n) is 11.3. The fourth-order valence-electron chi connectivity index (χ4n) is 6.59. The summed E-state index contributed by atoms with van der Waals surface area (Å²) in [6.07, 6.45) is -6.92. The van der Waals surface area contributed by atoms with Crippen molar-refractivity contribution in [2.24, 2.45) is 0 Å². The average Bonchev–Trinajstić information content (AvgIpc) is 3.31. The Labute approximate surface area is 259 Å². The van der Waals surface area contributed by atoms with Crippen molar-refractivity contribution < 1.29 is 76.1 Å². The van der Waals surface area contributed by atoms with Gasteiger partial charge in [0, 0.05) is 24.9 Å². The molecular weight excluding hydrogens is 627 g/mol. The van der Waals surface area contributed by atoms with Gasteiger partial charge in [-0.05, 0) is 51.1 Å². The van der Waals surface area contributed by atoms with Gasteiger partial charge in [0.1, 0.15) is 5.76 Å². The van der Waals surface area contributed by atoms with Gasteiger partial charge in [-0.3, -0.25) is 9.59 Å². The molecular formula is C29H32F3NO13. The molecule has 252 valence electrons. The molecule has 2 bridgehead atoms. The zero-order valence-corrected chi connectivity index (χ0v) is 25.1. The second kappa shape index (κ2) is 12.4. The molecule has 1 saturated heterocycles. The van der Waals surface area contributed by atoms with Crippen LogP contribution in [0.25, 0.3) is 0 Å². The van der Waals surface area contributed by atoms with E-state index in [2.05, 4.69) is 4.90 Å². The molecule has 5 rings (SSSR count). The normalized spacial score (nSPS) is 26.8. The number of benzene rings is 1. The summed E-state index contributed by atoms with van der Waals surface area (Å²) in [5.41, 5.74) is -0.256. The number of carbonyl (C=O) groups excluding carboxylic acids is 3. The van der Waals surface area contributed by atoms with E-state index in [1.54, 1.807) is 6.08 Å². The van der Waals surface area contributed by atoms with E-state index in [1.807, 2.05) is 19.2 Å². The van der Waals surface area contributed by atoms with Crippen molar-refractivity contribution in [3.05, 3.63) is 35.1 Å². The Morgan fingerprint density at radius 2 is 1.80 bits per heavy atom. The van der Waals surface area contributed by atoms with Gasteiger partial charge < -0.3 is 43.9 Å². The molecule has 0 unspecified atom stereocenters. The van der Waals surface area contributed by atoms with E-state index >= 15 is 0 Å². The van der Waals surface area contributed by atoms with Crippen molar-refractivity contribution in [3.63, 3.8) is 0 Å². The monoisotopic (exact) mass is 659 g/mol. The number of likely N-dealkylation sites (tertiary alicyclic amines) is 1. The van der Waals surface area contributed by atoms with Crippen molar-refractivity contribution in [1.29, 1.82) is 0 Å². The lowest BCUT2D eigenvalue weighted by molar-refractivity contribution is -0.192. The number of carboxylic acid groups (broad SMARTS) is 2. The molecule has 14 nitrogen and oxygen atoms in total. The topological polar surface area (TPSA) is 195 Å². The van der Waals surface area contributed by atoms with Crippen molar-refractivity contribution in [2.75, 3.05) is 20.7 Å². The van der Waals surface area contributed by atoms with Crippen LogP contribution in [-0.4, -0.2) is 107 Å². The fraction of sp³-hybridized carbons (Fsp3) is 0.552. The first-order valence-corrected chi connectivity index (χ1v) is 14.0. The summed E-state index contributed by atoms with van der Waals surface area (Å²) in [6.45, 7) is 2.90. The number of carbonyl (C=O) groups is 5. The van der Waals surface area contributed by atoms with Gasteiger partial charge in [0.2, 0.25) is 6.10 Å². The van der Waals surface area contributed by atoms with E-state index in [4.69, 9.17) is 38.7 Å². The maximum absolute atomic E-state index is 13.2. The Balaban J connectivity index is 0.000000617. The summed E-state index contributed by atoms with van der Waals surface area (Å²) in [5, 5.41) is 28.4. The van der Waals surface area contributed by atoms with Crippen LogP contribution in [0.15, 0.2) is 24.0 Å². The van der Waals surface area contributed by atoms with Crippen LogP contribution in [-0.2, 0) is 50.0 Å². The number of rotatable bonds is 8. The third-order valence-corrected chi connectivity index (χ3v) is 8.60. The zero-order valence-electron chi connectivity index (χ0n) is 25.1. The highest BCUT2D eigenvalue weighted by molar-refractivity contribution is 5.86. The number of hydrogen-bond donors (Lipinski definition) is 3. The van der Waals surface area contributed by atoms with E-state index in [1.165, 1.54) is 7.11 Å². The lowest BCUT2D eigenvalue weighted by Gasteiger charge is -2.61. The standard InChI is InChI=1S/C27H31NO11.C2HF3O2/c1-13(24(31)32)36-20(30)12-18(37-14(2)29)25(33)38-17-7-8-27(34)19-11-15-5-6-16(35-4)22-21(15)26(27,23(17)39-22)9-10-28(19)3;3-2(4,5)1(6)7/h5-7,13,18-19,23,34H,8-12H2,1-4H3,(H,31,32);(H,6,7)/t13-,18-,19+,23-,26-,27+;/m0./s1. The zero-order chi connectivity index (χ0) is 34.4. The molecule has 6 atom stereocenters. The number of halogens is 3. The smallest absolute Gasteiger partial charge is 0.490 e. The van der Waals surface area contributed by atoms with Crippen LogP contribution in [0.4, 0.5) is 13.2 Å². The number of ether oxygens (including phenoxy) is 5. The average molecular weight is 660 g/mol. The van der Waals surface area contributed by atoms with E-state index in [0.717, 1.165) is 25.0 Å². The van der Waals surface area contributed by atoms with Gasteiger partial charge in [-0.2, -0.15) is 13.2 Å². The first-order valence-electron chi connectivity index (χ1n) is 14.0. The number of likely N-dealkylation sites (N-methyl/N-ethyl adjacent to an activating group) is 1. The number of piperidine rings is 1. The molecule has 2 aliphatic heterocycles. The minimum absolute atomic E-state index is 0.128. The lowest BCUT2D eigenvalue weighted by Crippen LogP contribution is -2.74. The molecule has 0 amide bonds. The van der Waals surface area contributed by atoms with E-state index in [9.17, 15) is 37.5 Å².